The van der Waals surface area contributed by atoms with Crippen LogP contribution < -0.4 is 10.6 Å². The van der Waals surface area contributed by atoms with Gasteiger partial charge in [-0.05, 0) is 24.6 Å². The molecular formula is C10H13FN2O. The lowest BCUT2D eigenvalue weighted by molar-refractivity contribution is 0.198. The Balaban J connectivity index is 2.23. The lowest BCUT2D eigenvalue weighted by Crippen LogP contribution is -2.21. The summed E-state index contributed by atoms with van der Waals surface area (Å²) in [5.41, 5.74) is 6.70. The highest BCUT2D eigenvalue weighted by Gasteiger charge is 2.20. The molecule has 0 radical (unpaired) electrons. The van der Waals surface area contributed by atoms with Gasteiger partial charge in [-0.15, -0.1) is 0 Å². The van der Waals surface area contributed by atoms with E-state index in [-0.39, 0.29) is 11.9 Å². The molecule has 0 bridgehead atoms. The van der Waals surface area contributed by atoms with Gasteiger partial charge in [0.05, 0.1) is 6.10 Å². The Morgan fingerprint density at radius 1 is 1.43 bits per heavy atom. The van der Waals surface area contributed by atoms with Crippen molar-refractivity contribution in [2.45, 2.75) is 12.5 Å². The molecule has 1 aliphatic rings. The van der Waals surface area contributed by atoms with Crippen LogP contribution in [-0.2, 0) is 0 Å². The van der Waals surface area contributed by atoms with E-state index in [1.807, 2.05) is 4.90 Å². The molecule has 1 heterocycles. The molecular weight excluding hydrogens is 183 g/mol. The second-order valence-corrected chi connectivity index (χ2v) is 3.63. The molecule has 2 rings (SSSR count). The van der Waals surface area contributed by atoms with Gasteiger partial charge in [-0.1, -0.05) is 0 Å². The van der Waals surface area contributed by atoms with Gasteiger partial charge < -0.3 is 15.7 Å². The molecule has 3 N–H and O–H groups in total. The first-order valence-electron chi connectivity index (χ1n) is 4.64. The van der Waals surface area contributed by atoms with Gasteiger partial charge in [-0.2, -0.15) is 0 Å². The maximum absolute atomic E-state index is 13.0. The van der Waals surface area contributed by atoms with Gasteiger partial charge >= 0.3 is 0 Å². The number of nitrogens with zero attached hydrogens (tertiary/aromatic N) is 1. The van der Waals surface area contributed by atoms with Gasteiger partial charge in [0.2, 0.25) is 0 Å². The SMILES string of the molecule is Nc1cc(F)cc(N2CCC(O)C2)c1. The lowest BCUT2D eigenvalue weighted by atomic mass is 10.2. The number of hydrogen-bond donors (Lipinski definition) is 2. The summed E-state index contributed by atoms with van der Waals surface area (Å²) < 4.78 is 13.0. The molecule has 0 aliphatic carbocycles. The van der Waals surface area contributed by atoms with Gasteiger partial charge in [-0.25, -0.2) is 4.39 Å². The van der Waals surface area contributed by atoms with Crippen molar-refractivity contribution in [3.05, 3.63) is 24.0 Å². The van der Waals surface area contributed by atoms with Crippen molar-refractivity contribution in [2.24, 2.45) is 0 Å². The molecule has 14 heavy (non-hydrogen) atoms. The van der Waals surface area contributed by atoms with E-state index in [9.17, 15) is 9.50 Å². The zero-order chi connectivity index (χ0) is 10.1. The fourth-order valence-corrected chi connectivity index (χ4v) is 1.76. The standard InChI is InChI=1S/C10H13FN2O/c11-7-3-8(12)5-9(4-7)13-2-1-10(14)6-13/h3-5,10,14H,1-2,6,12H2. The zero-order valence-corrected chi connectivity index (χ0v) is 7.78. The monoisotopic (exact) mass is 196 g/mol. The molecule has 0 spiro atoms. The average Bonchev–Trinajstić information content (AvgIpc) is 2.50. The van der Waals surface area contributed by atoms with Gasteiger partial charge in [0.1, 0.15) is 5.82 Å². The fraction of sp³-hybridized carbons (Fsp3) is 0.400. The van der Waals surface area contributed by atoms with Crippen molar-refractivity contribution in [2.75, 3.05) is 23.7 Å². The van der Waals surface area contributed by atoms with Gasteiger partial charge in [0, 0.05) is 24.5 Å². The van der Waals surface area contributed by atoms with E-state index in [1.165, 1.54) is 12.1 Å². The minimum Gasteiger partial charge on any atom is -0.399 e. The highest BCUT2D eigenvalue weighted by molar-refractivity contribution is 5.57. The second kappa shape index (κ2) is 3.46. The summed E-state index contributed by atoms with van der Waals surface area (Å²) in [6, 6.07) is 4.45. The van der Waals surface area contributed by atoms with Crippen molar-refractivity contribution in [3.8, 4) is 0 Å². The van der Waals surface area contributed by atoms with Crippen LogP contribution in [0.15, 0.2) is 18.2 Å². The molecule has 1 aromatic rings. The van der Waals surface area contributed by atoms with Crippen molar-refractivity contribution in [3.63, 3.8) is 0 Å². The van der Waals surface area contributed by atoms with Crippen LogP contribution in [0, 0.1) is 5.82 Å². The third-order valence-electron chi connectivity index (χ3n) is 2.43. The molecule has 4 heteroatoms. The number of benzene rings is 1. The molecule has 1 aromatic carbocycles. The van der Waals surface area contributed by atoms with E-state index in [0.29, 0.717) is 12.2 Å². The first-order valence-corrected chi connectivity index (χ1v) is 4.64. The summed E-state index contributed by atoms with van der Waals surface area (Å²) in [6.45, 7) is 1.31. The zero-order valence-electron chi connectivity index (χ0n) is 7.78. The Morgan fingerprint density at radius 3 is 2.79 bits per heavy atom. The maximum Gasteiger partial charge on any atom is 0.127 e. The van der Waals surface area contributed by atoms with Crippen LogP contribution in [0.5, 0.6) is 0 Å². The number of anilines is 2. The van der Waals surface area contributed by atoms with E-state index < -0.39 is 0 Å². The predicted molar refractivity (Wildman–Crippen MR) is 53.6 cm³/mol. The van der Waals surface area contributed by atoms with Crippen LogP contribution in [0.4, 0.5) is 15.8 Å². The number of nitrogen functional groups attached to an aromatic ring is 1. The van der Waals surface area contributed by atoms with E-state index >= 15 is 0 Å². The third-order valence-corrected chi connectivity index (χ3v) is 2.43. The number of aliphatic hydroxyl groups is 1. The average molecular weight is 196 g/mol. The van der Waals surface area contributed by atoms with Crippen LogP contribution >= 0.6 is 0 Å². The largest absolute Gasteiger partial charge is 0.399 e. The Labute approximate surface area is 81.9 Å². The van der Waals surface area contributed by atoms with E-state index in [4.69, 9.17) is 5.73 Å². The van der Waals surface area contributed by atoms with Crippen molar-refractivity contribution in [1.29, 1.82) is 0 Å². The molecule has 1 aliphatic heterocycles. The second-order valence-electron chi connectivity index (χ2n) is 3.63. The van der Waals surface area contributed by atoms with Crippen molar-refractivity contribution >= 4 is 11.4 Å². The molecule has 76 valence electrons. The summed E-state index contributed by atoms with van der Waals surface area (Å²) in [4.78, 5) is 1.93. The van der Waals surface area contributed by atoms with Crippen molar-refractivity contribution in [1.82, 2.24) is 0 Å². The minimum absolute atomic E-state index is 0.306. The normalized spacial score (nSPS) is 21.6. The predicted octanol–water partition coefficient (Wildman–Crippen LogP) is 0.979. The quantitative estimate of drug-likeness (QED) is 0.658. The van der Waals surface area contributed by atoms with Crippen molar-refractivity contribution < 1.29 is 9.50 Å². The molecule has 1 fully saturated rings. The summed E-state index contributed by atoms with van der Waals surface area (Å²) >= 11 is 0. The highest BCUT2D eigenvalue weighted by Crippen LogP contribution is 2.23. The molecule has 0 aromatic heterocycles. The van der Waals surface area contributed by atoms with Crippen LogP contribution in [0.25, 0.3) is 0 Å². The summed E-state index contributed by atoms with van der Waals surface area (Å²) in [6.07, 6.45) is 0.427. The number of nitrogens with two attached hydrogens (primary N) is 1. The molecule has 1 atom stereocenters. The molecule has 3 nitrogen and oxygen atoms in total. The van der Waals surface area contributed by atoms with Crippen LogP contribution in [0.2, 0.25) is 0 Å². The van der Waals surface area contributed by atoms with E-state index in [2.05, 4.69) is 0 Å². The van der Waals surface area contributed by atoms with Crippen LogP contribution in [0.1, 0.15) is 6.42 Å². The van der Waals surface area contributed by atoms with Crippen LogP contribution in [-0.4, -0.2) is 24.3 Å². The van der Waals surface area contributed by atoms with E-state index in [0.717, 1.165) is 18.7 Å². The van der Waals surface area contributed by atoms with Gasteiger partial charge in [0.25, 0.3) is 0 Å². The number of rotatable bonds is 1. The lowest BCUT2D eigenvalue weighted by Gasteiger charge is -2.18. The first kappa shape index (κ1) is 9.27. The summed E-state index contributed by atoms with van der Waals surface area (Å²) in [5, 5.41) is 9.33. The smallest absolute Gasteiger partial charge is 0.127 e. The minimum atomic E-state index is -0.332. The maximum atomic E-state index is 13.0. The molecule has 1 saturated heterocycles. The Bertz CT molecular complexity index is 323. The first-order chi connectivity index (χ1) is 6.65. The van der Waals surface area contributed by atoms with Crippen LogP contribution in [0.3, 0.4) is 0 Å². The highest BCUT2D eigenvalue weighted by atomic mass is 19.1. The Hall–Kier alpha value is -1.29. The molecule has 0 amide bonds. The number of halogens is 1. The van der Waals surface area contributed by atoms with Gasteiger partial charge in [0.15, 0.2) is 0 Å². The number of hydrogen-bond acceptors (Lipinski definition) is 3. The fourth-order valence-electron chi connectivity index (χ4n) is 1.76. The Kier molecular flexibility index (Phi) is 2.29. The number of aliphatic hydroxyl groups excluding tert-OH is 1. The topological polar surface area (TPSA) is 49.5 Å². The van der Waals surface area contributed by atoms with Gasteiger partial charge in [-0.3, -0.25) is 0 Å². The molecule has 1 unspecified atom stereocenters. The summed E-state index contributed by atoms with van der Waals surface area (Å²) in [5.74, 6) is -0.332. The summed E-state index contributed by atoms with van der Waals surface area (Å²) in [7, 11) is 0. The Morgan fingerprint density at radius 2 is 2.21 bits per heavy atom. The van der Waals surface area contributed by atoms with E-state index in [1.54, 1.807) is 6.07 Å². The third kappa shape index (κ3) is 1.80. The molecule has 0 saturated carbocycles. The number of β-amino-alcohol motifs (C(OH)–C–C–N with tert-alkyl or cyclic N) is 1.